The summed E-state index contributed by atoms with van der Waals surface area (Å²) in [6, 6.07) is 5.02. The molecule has 0 atom stereocenters. The molecule has 3 heteroatoms. The molecule has 66 valence electrons. The highest BCUT2D eigenvalue weighted by Crippen LogP contribution is 2.18. The van der Waals surface area contributed by atoms with E-state index in [0.717, 1.165) is 5.56 Å². The molecule has 1 aromatic rings. The number of hydrogen-bond acceptors (Lipinski definition) is 2. The summed E-state index contributed by atoms with van der Waals surface area (Å²) in [5.41, 5.74) is 1.20. The Kier molecular flexibility index (Phi) is 3.10. The highest BCUT2D eigenvalue weighted by atomic mass is 79.9. The van der Waals surface area contributed by atoms with E-state index in [1.807, 2.05) is 0 Å². The fourth-order valence-electron chi connectivity index (χ4n) is 0.880. The van der Waals surface area contributed by atoms with Crippen LogP contribution in [0.3, 0.4) is 0 Å². The minimum atomic E-state index is -0.379. The zero-order valence-electron chi connectivity index (χ0n) is 7.00. The summed E-state index contributed by atoms with van der Waals surface area (Å²) >= 11 is 3.23. The van der Waals surface area contributed by atoms with Gasteiger partial charge in [0, 0.05) is 10.0 Å². The molecule has 0 unspecified atom stereocenters. The molecule has 1 aromatic carbocycles. The first-order valence-electron chi connectivity index (χ1n) is 3.53. The van der Waals surface area contributed by atoms with Crippen LogP contribution in [0.15, 0.2) is 22.7 Å². The molecule has 0 saturated heterocycles. The van der Waals surface area contributed by atoms with Gasteiger partial charge in [0.25, 0.3) is 0 Å². The zero-order valence-corrected chi connectivity index (χ0v) is 8.59. The Morgan fingerprint density at radius 3 is 2.77 bits per heavy atom. The van der Waals surface area contributed by atoms with Crippen LogP contribution >= 0.6 is 15.9 Å². The highest BCUT2D eigenvalue weighted by Gasteiger charge is 2.09. The number of ether oxygens (including phenoxy) is 1. The standard InChI is InChI=1S/C10H7BrO2/c1-3-7-4-5-8(9(11)6-7)10(12)13-2/h1,4-6H,2H3. The van der Waals surface area contributed by atoms with Crippen LogP contribution in [0, 0.1) is 12.3 Å². The normalized spacial score (nSPS) is 9.00. The van der Waals surface area contributed by atoms with Crippen LogP contribution in [0.25, 0.3) is 0 Å². The third kappa shape index (κ3) is 2.10. The van der Waals surface area contributed by atoms with E-state index in [-0.39, 0.29) is 5.97 Å². The first-order chi connectivity index (χ1) is 6.19. The maximum absolute atomic E-state index is 11.1. The monoisotopic (exact) mass is 238 g/mol. The van der Waals surface area contributed by atoms with Crippen molar-refractivity contribution in [1.82, 2.24) is 0 Å². The number of carbonyl (C=O) groups excluding carboxylic acids is 1. The molecule has 0 heterocycles. The quantitative estimate of drug-likeness (QED) is 0.554. The number of halogens is 1. The summed E-state index contributed by atoms with van der Waals surface area (Å²) in [6.45, 7) is 0. The van der Waals surface area contributed by atoms with Gasteiger partial charge in [0.15, 0.2) is 0 Å². The second-order valence-corrected chi connectivity index (χ2v) is 3.18. The molecule has 0 saturated carbocycles. The number of methoxy groups -OCH3 is 1. The van der Waals surface area contributed by atoms with Crippen molar-refractivity contribution >= 4 is 21.9 Å². The van der Waals surface area contributed by atoms with Gasteiger partial charge < -0.3 is 4.74 Å². The topological polar surface area (TPSA) is 26.3 Å². The van der Waals surface area contributed by atoms with E-state index in [0.29, 0.717) is 10.0 Å². The van der Waals surface area contributed by atoms with Crippen LogP contribution in [0.1, 0.15) is 15.9 Å². The van der Waals surface area contributed by atoms with Gasteiger partial charge in [-0.2, -0.15) is 0 Å². The fraction of sp³-hybridized carbons (Fsp3) is 0.100. The van der Waals surface area contributed by atoms with E-state index < -0.39 is 0 Å². The predicted octanol–water partition coefficient (Wildman–Crippen LogP) is 2.22. The molecule has 0 aliphatic carbocycles. The lowest BCUT2D eigenvalue weighted by molar-refractivity contribution is 0.0599. The van der Waals surface area contributed by atoms with Gasteiger partial charge >= 0.3 is 5.97 Å². The molecule has 0 N–H and O–H groups in total. The summed E-state index contributed by atoms with van der Waals surface area (Å²) in [5, 5.41) is 0. The largest absolute Gasteiger partial charge is 0.465 e. The molecule has 0 bridgehead atoms. The van der Waals surface area contributed by atoms with Crippen LogP contribution in [0.4, 0.5) is 0 Å². The van der Waals surface area contributed by atoms with Crippen molar-refractivity contribution in [2.75, 3.05) is 7.11 Å². The van der Waals surface area contributed by atoms with Gasteiger partial charge in [-0.25, -0.2) is 4.79 Å². The SMILES string of the molecule is C#Cc1ccc(C(=O)OC)c(Br)c1. The molecule has 0 spiro atoms. The number of carbonyl (C=O) groups is 1. The Morgan fingerprint density at radius 1 is 1.62 bits per heavy atom. The van der Waals surface area contributed by atoms with Crippen LogP contribution in [-0.4, -0.2) is 13.1 Å². The molecule has 1 rings (SSSR count). The van der Waals surface area contributed by atoms with Gasteiger partial charge in [0.1, 0.15) is 0 Å². The summed E-state index contributed by atoms with van der Waals surface area (Å²) in [6.07, 6.45) is 5.19. The molecule has 0 amide bonds. The Bertz CT molecular complexity index is 377. The Balaban J connectivity index is 3.14. The molecular formula is C10H7BrO2. The summed E-state index contributed by atoms with van der Waals surface area (Å²) in [5.74, 6) is 2.09. The van der Waals surface area contributed by atoms with Gasteiger partial charge in [-0.1, -0.05) is 5.92 Å². The lowest BCUT2D eigenvalue weighted by atomic mass is 10.1. The average Bonchev–Trinajstić information content (AvgIpc) is 2.16. The number of benzene rings is 1. The average molecular weight is 239 g/mol. The third-order valence-electron chi connectivity index (χ3n) is 1.54. The van der Waals surface area contributed by atoms with Crippen molar-refractivity contribution < 1.29 is 9.53 Å². The van der Waals surface area contributed by atoms with Crippen LogP contribution in [0.2, 0.25) is 0 Å². The van der Waals surface area contributed by atoms with Crippen molar-refractivity contribution in [3.05, 3.63) is 33.8 Å². The Labute approximate surface area is 85.0 Å². The van der Waals surface area contributed by atoms with Gasteiger partial charge in [0.05, 0.1) is 12.7 Å². The molecule has 0 aliphatic rings. The maximum Gasteiger partial charge on any atom is 0.339 e. The second-order valence-electron chi connectivity index (χ2n) is 2.33. The third-order valence-corrected chi connectivity index (χ3v) is 2.20. The summed E-state index contributed by atoms with van der Waals surface area (Å²) in [4.78, 5) is 11.1. The highest BCUT2D eigenvalue weighted by molar-refractivity contribution is 9.10. The van der Waals surface area contributed by atoms with Crippen LogP contribution in [0.5, 0.6) is 0 Å². The maximum atomic E-state index is 11.1. The molecule has 0 fully saturated rings. The van der Waals surface area contributed by atoms with Crippen LogP contribution in [-0.2, 0) is 4.74 Å². The number of hydrogen-bond donors (Lipinski definition) is 0. The first-order valence-corrected chi connectivity index (χ1v) is 4.33. The van der Waals surface area contributed by atoms with E-state index in [1.54, 1.807) is 18.2 Å². The minimum Gasteiger partial charge on any atom is -0.465 e. The molecule has 2 nitrogen and oxygen atoms in total. The van der Waals surface area contributed by atoms with E-state index >= 15 is 0 Å². The number of terminal acetylenes is 1. The predicted molar refractivity (Wildman–Crippen MR) is 53.4 cm³/mol. The minimum absolute atomic E-state index is 0.379. The summed E-state index contributed by atoms with van der Waals surface area (Å²) < 4.78 is 5.22. The zero-order chi connectivity index (χ0) is 9.84. The second kappa shape index (κ2) is 4.11. The van der Waals surface area contributed by atoms with Crippen LogP contribution < -0.4 is 0 Å². The van der Waals surface area contributed by atoms with Gasteiger partial charge in [-0.15, -0.1) is 6.42 Å². The van der Waals surface area contributed by atoms with E-state index in [2.05, 4.69) is 26.6 Å². The molecule has 0 aromatic heterocycles. The van der Waals surface area contributed by atoms with Gasteiger partial charge in [-0.05, 0) is 34.1 Å². The van der Waals surface area contributed by atoms with Gasteiger partial charge in [-0.3, -0.25) is 0 Å². The molecule has 13 heavy (non-hydrogen) atoms. The smallest absolute Gasteiger partial charge is 0.339 e. The first kappa shape index (κ1) is 9.82. The van der Waals surface area contributed by atoms with Crippen molar-refractivity contribution in [3.8, 4) is 12.3 Å². The number of esters is 1. The van der Waals surface area contributed by atoms with E-state index in [9.17, 15) is 4.79 Å². The van der Waals surface area contributed by atoms with Crippen molar-refractivity contribution in [3.63, 3.8) is 0 Å². The van der Waals surface area contributed by atoms with Gasteiger partial charge in [0.2, 0.25) is 0 Å². The molecule has 0 aliphatic heterocycles. The van der Waals surface area contributed by atoms with Crippen molar-refractivity contribution in [1.29, 1.82) is 0 Å². The van der Waals surface area contributed by atoms with E-state index in [1.165, 1.54) is 7.11 Å². The lowest BCUT2D eigenvalue weighted by Gasteiger charge is -2.01. The van der Waals surface area contributed by atoms with Crippen molar-refractivity contribution in [2.45, 2.75) is 0 Å². The van der Waals surface area contributed by atoms with Crippen molar-refractivity contribution in [2.24, 2.45) is 0 Å². The Hall–Kier alpha value is -1.27. The molecule has 0 radical (unpaired) electrons. The summed E-state index contributed by atoms with van der Waals surface area (Å²) in [7, 11) is 1.34. The number of rotatable bonds is 1. The lowest BCUT2D eigenvalue weighted by Crippen LogP contribution is -2.02. The van der Waals surface area contributed by atoms with E-state index in [4.69, 9.17) is 6.42 Å². The fourth-order valence-corrected chi connectivity index (χ4v) is 1.42. The Morgan fingerprint density at radius 2 is 2.31 bits per heavy atom. The molecular weight excluding hydrogens is 232 g/mol.